The molecule has 21 heavy (non-hydrogen) atoms. The van der Waals surface area contributed by atoms with Crippen LogP contribution in [0.15, 0.2) is 29.3 Å². The van der Waals surface area contributed by atoms with E-state index >= 15 is 0 Å². The topological polar surface area (TPSA) is 92.4 Å². The summed E-state index contributed by atoms with van der Waals surface area (Å²) in [6.45, 7) is 0.738. The first-order valence-electron chi connectivity index (χ1n) is 6.44. The Bertz CT molecular complexity index is 843. The third-order valence-corrected chi connectivity index (χ3v) is 3.79. The Morgan fingerprint density at radius 2 is 2.19 bits per heavy atom. The number of pyridine rings is 1. The zero-order chi connectivity index (χ0) is 14.7. The van der Waals surface area contributed by atoms with Crippen LogP contribution in [0.3, 0.4) is 0 Å². The Morgan fingerprint density at radius 1 is 1.38 bits per heavy atom. The molecule has 0 atom stereocenters. The van der Waals surface area contributed by atoms with Gasteiger partial charge in [-0.15, -0.1) is 5.10 Å². The second kappa shape index (κ2) is 5.98. The molecule has 0 saturated heterocycles. The zero-order valence-corrected chi connectivity index (χ0v) is 11.9. The Labute approximate surface area is 123 Å². The van der Waals surface area contributed by atoms with Crippen molar-refractivity contribution in [2.45, 2.75) is 6.42 Å². The molecule has 2 N–H and O–H groups in total. The van der Waals surface area contributed by atoms with Crippen LogP contribution in [0.4, 0.5) is 0 Å². The number of fused-ring (bicyclic) bond motifs is 1. The predicted octanol–water partition coefficient (Wildman–Crippen LogP) is -0.358. The summed E-state index contributed by atoms with van der Waals surface area (Å²) in [4.78, 5) is 21.0. The van der Waals surface area contributed by atoms with E-state index in [1.807, 2.05) is 0 Å². The van der Waals surface area contributed by atoms with Crippen molar-refractivity contribution in [1.82, 2.24) is 24.9 Å². The van der Waals surface area contributed by atoms with Crippen molar-refractivity contribution in [1.29, 1.82) is 0 Å². The number of aliphatic hydroxyl groups excluding tert-OH is 1. The fourth-order valence-electron chi connectivity index (χ4n) is 1.80. The molecule has 8 heteroatoms. The normalized spacial score (nSPS) is 12.1. The largest absolute Gasteiger partial charge is 0.396 e. The first-order valence-corrected chi connectivity index (χ1v) is 7.25. The average molecular weight is 303 g/mol. The lowest BCUT2D eigenvalue weighted by Gasteiger charge is -1.94. The van der Waals surface area contributed by atoms with Crippen LogP contribution in [0.2, 0.25) is 0 Å². The first kappa shape index (κ1) is 13.7. The summed E-state index contributed by atoms with van der Waals surface area (Å²) in [6, 6.07) is 3.60. The monoisotopic (exact) mass is 303 g/mol. The van der Waals surface area contributed by atoms with Crippen LogP contribution in [0, 0.1) is 0 Å². The summed E-state index contributed by atoms with van der Waals surface area (Å²) >= 11 is 1.28. The highest BCUT2D eigenvalue weighted by molar-refractivity contribution is 7.15. The van der Waals surface area contributed by atoms with Gasteiger partial charge < -0.3 is 10.4 Å². The third kappa shape index (κ3) is 2.76. The molecule has 108 valence electrons. The van der Waals surface area contributed by atoms with E-state index in [1.165, 1.54) is 15.9 Å². The number of rotatable bonds is 5. The van der Waals surface area contributed by atoms with Crippen LogP contribution >= 0.6 is 11.3 Å². The van der Waals surface area contributed by atoms with Crippen molar-refractivity contribution in [3.8, 4) is 11.4 Å². The number of thiazole rings is 1. The van der Waals surface area contributed by atoms with E-state index in [1.54, 1.807) is 30.7 Å². The summed E-state index contributed by atoms with van der Waals surface area (Å²) in [7, 11) is 0. The van der Waals surface area contributed by atoms with Gasteiger partial charge in [0.2, 0.25) is 4.96 Å². The maximum atomic E-state index is 12.2. The molecule has 0 aliphatic carbocycles. The molecule has 0 aliphatic heterocycles. The van der Waals surface area contributed by atoms with Gasteiger partial charge in [0.05, 0.1) is 0 Å². The van der Waals surface area contributed by atoms with Crippen LogP contribution < -0.4 is 15.4 Å². The SMILES string of the molecule is O=c1/c(=C/NCCCO)sc2nc(-c3ccncc3)nn12. The van der Waals surface area contributed by atoms with Gasteiger partial charge >= 0.3 is 0 Å². The summed E-state index contributed by atoms with van der Waals surface area (Å²) in [6.07, 6.45) is 5.60. The highest BCUT2D eigenvalue weighted by atomic mass is 32.1. The minimum Gasteiger partial charge on any atom is -0.396 e. The fraction of sp³-hybridized carbons (Fsp3) is 0.231. The molecule has 0 fully saturated rings. The van der Waals surface area contributed by atoms with E-state index < -0.39 is 0 Å². The van der Waals surface area contributed by atoms with Gasteiger partial charge in [-0.25, -0.2) is 0 Å². The number of hydrogen-bond acceptors (Lipinski definition) is 7. The maximum Gasteiger partial charge on any atom is 0.292 e. The lowest BCUT2D eigenvalue weighted by molar-refractivity contribution is 0.289. The molecule has 0 amide bonds. The molecule has 0 bridgehead atoms. The Balaban J connectivity index is 1.93. The van der Waals surface area contributed by atoms with Crippen LogP contribution in [-0.2, 0) is 0 Å². The fourth-order valence-corrected chi connectivity index (χ4v) is 2.66. The quantitative estimate of drug-likeness (QED) is 0.626. The molecule has 0 aromatic carbocycles. The number of nitrogens with zero attached hydrogens (tertiary/aromatic N) is 4. The second-order valence-electron chi connectivity index (χ2n) is 4.31. The minimum absolute atomic E-state index is 0.121. The van der Waals surface area contributed by atoms with E-state index in [0.29, 0.717) is 28.3 Å². The highest BCUT2D eigenvalue weighted by Crippen LogP contribution is 2.14. The maximum absolute atomic E-state index is 12.2. The van der Waals surface area contributed by atoms with Crippen molar-refractivity contribution in [2.24, 2.45) is 0 Å². The standard InChI is InChI=1S/C13H13N5O2S/c19-7-1-4-15-8-10-12(20)18-13(21-10)16-11(17-18)9-2-5-14-6-3-9/h2-3,5-6,8,15,19H,1,4,7H2/b10-8-. The molecule has 7 nitrogen and oxygen atoms in total. The highest BCUT2D eigenvalue weighted by Gasteiger charge is 2.11. The summed E-state index contributed by atoms with van der Waals surface area (Å²) in [5, 5.41) is 15.9. The summed E-state index contributed by atoms with van der Waals surface area (Å²) < 4.78 is 1.85. The van der Waals surface area contributed by atoms with E-state index in [0.717, 1.165) is 5.56 Å². The van der Waals surface area contributed by atoms with Gasteiger partial charge in [0.1, 0.15) is 4.53 Å². The zero-order valence-electron chi connectivity index (χ0n) is 11.1. The smallest absolute Gasteiger partial charge is 0.292 e. The van der Waals surface area contributed by atoms with Crippen LogP contribution in [0.25, 0.3) is 22.5 Å². The van der Waals surface area contributed by atoms with Gasteiger partial charge in [-0.3, -0.25) is 9.78 Å². The van der Waals surface area contributed by atoms with Crippen LogP contribution in [-0.4, -0.2) is 37.8 Å². The second-order valence-corrected chi connectivity index (χ2v) is 5.32. The first-order chi connectivity index (χ1) is 10.3. The lowest BCUT2D eigenvalue weighted by atomic mass is 10.3. The van der Waals surface area contributed by atoms with Crippen LogP contribution in [0.5, 0.6) is 0 Å². The van der Waals surface area contributed by atoms with E-state index in [2.05, 4.69) is 20.4 Å². The van der Waals surface area contributed by atoms with E-state index in [9.17, 15) is 4.79 Å². The van der Waals surface area contributed by atoms with Gasteiger partial charge in [0, 0.05) is 37.3 Å². The number of aromatic nitrogens is 4. The van der Waals surface area contributed by atoms with Crippen LogP contribution in [0.1, 0.15) is 6.42 Å². The van der Waals surface area contributed by atoms with Gasteiger partial charge in [0.15, 0.2) is 5.82 Å². The Morgan fingerprint density at radius 3 is 2.90 bits per heavy atom. The molecule has 3 rings (SSSR count). The van der Waals surface area contributed by atoms with Gasteiger partial charge in [-0.05, 0) is 18.6 Å². The molecule has 3 heterocycles. The summed E-state index contributed by atoms with van der Waals surface area (Å²) in [5.41, 5.74) is 0.631. The molecule has 0 saturated carbocycles. The molecule has 0 unspecified atom stereocenters. The average Bonchev–Trinajstić information content (AvgIpc) is 3.05. The molecule has 3 aromatic rings. The molecule has 3 aromatic heterocycles. The van der Waals surface area contributed by atoms with Crippen molar-refractivity contribution in [3.63, 3.8) is 0 Å². The molecule has 0 radical (unpaired) electrons. The molecule has 0 spiro atoms. The third-order valence-electron chi connectivity index (χ3n) is 2.83. The molecular formula is C13H13N5O2S. The number of nitrogens with one attached hydrogen (secondary N) is 1. The van der Waals surface area contributed by atoms with Crippen molar-refractivity contribution < 1.29 is 5.11 Å². The number of hydrogen-bond donors (Lipinski definition) is 2. The minimum atomic E-state index is -0.195. The lowest BCUT2D eigenvalue weighted by Crippen LogP contribution is -2.26. The predicted molar refractivity (Wildman–Crippen MR) is 79.8 cm³/mol. The Kier molecular flexibility index (Phi) is 3.89. The number of aliphatic hydroxyl groups is 1. The van der Waals surface area contributed by atoms with E-state index in [-0.39, 0.29) is 12.2 Å². The van der Waals surface area contributed by atoms with Crippen molar-refractivity contribution >= 4 is 22.5 Å². The summed E-state index contributed by atoms with van der Waals surface area (Å²) in [5.74, 6) is 0.514. The van der Waals surface area contributed by atoms with Crippen molar-refractivity contribution in [3.05, 3.63) is 39.4 Å². The Hall–Kier alpha value is -2.32. The molecular weight excluding hydrogens is 290 g/mol. The molecule has 0 aliphatic rings. The van der Waals surface area contributed by atoms with E-state index in [4.69, 9.17) is 5.11 Å². The van der Waals surface area contributed by atoms with Crippen molar-refractivity contribution in [2.75, 3.05) is 13.2 Å². The van der Waals surface area contributed by atoms with Gasteiger partial charge in [-0.2, -0.15) is 9.50 Å². The van der Waals surface area contributed by atoms with Gasteiger partial charge in [-0.1, -0.05) is 11.3 Å². The van der Waals surface area contributed by atoms with Gasteiger partial charge in [0.25, 0.3) is 5.56 Å².